The molecule has 1 heterocycles. The summed E-state index contributed by atoms with van der Waals surface area (Å²) >= 11 is 0. The van der Waals surface area contributed by atoms with Gasteiger partial charge in [0.2, 0.25) is 0 Å². The number of hydrogen-bond acceptors (Lipinski definition) is 3. The number of carboxylic acid groups (broad SMARTS) is 1. The van der Waals surface area contributed by atoms with Crippen molar-refractivity contribution in [2.24, 2.45) is 0 Å². The molecule has 2 amide bonds. The van der Waals surface area contributed by atoms with E-state index in [-0.39, 0.29) is 6.03 Å². The van der Waals surface area contributed by atoms with Gasteiger partial charge in [-0.3, -0.25) is 0 Å². The van der Waals surface area contributed by atoms with Crippen molar-refractivity contribution in [2.75, 3.05) is 20.2 Å². The summed E-state index contributed by atoms with van der Waals surface area (Å²) in [5.74, 6) is -0.246. The molecule has 0 spiro atoms. The maximum Gasteiger partial charge on any atom is 0.326 e. The van der Waals surface area contributed by atoms with Crippen LogP contribution in [-0.4, -0.2) is 53.1 Å². The van der Waals surface area contributed by atoms with Crippen molar-refractivity contribution < 1.29 is 19.4 Å². The van der Waals surface area contributed by atoms with E-state index in [1.165, 1.54) is 18.9 Å². The maximum atomic E-state index is 12.3. The van der Waals surface area contributed by atoms with Gasteiger partial charge in [0.05, 0.1) is 13.1 Å². The summed E-state index contributed by atoms with van der Waals surface area (Å²) in [6.45, 7) is 2.75. The molecule has 1 atom stereocenters. The number of aliphatic carboxylic acids is 1. The molecule has 0 aliphatic carbocycles. The zero-order chi connectivity index (χ0) is 14.7. The first-order valence-electron chi connectivity index (χ1n) is 6.46. The lowest BCUT2D eigenvalue weighted by atomic mass is 10.2. The molecule has 1 aliphatic rings. The molecule has 1 aromatic carbocycles. The fourth-order valence-electron chi connectivity index (χ4n) is 2.04. The van der Waals surface area contributed by atoms with Gasteiger partial charge in [0.25, 0.3) is 0 Å². The second-order valence-corrected chi connectivity index (χ2v) is 4.79. The van der Waals surface area contributed by atoms with E-state index in [0.29, 0.717) is 19.7 Å². The smallest absolute Gasteiger partial charge is 0.326 e. The van der Waals surface area contributed by atoms with Gasteiger partial charge in [-0.05, 0) is 13.0 Å². The predicted octanol–water partition coefficient (Wildman–Crippen LogP) is 1.41. The van der Waals surface area contributed by atoms with Crippen LogP contribution in [0, 0.1) is 0 Å². The highest BCUT2D eigenvalue weighted by Crippen LogP contribution is 2.23. The Bertz CT molecular complexity index is 518. The summed E-state index contributed by atoms with van der Waals surface area (Å²) in [6.07, 6.45) is 0. The van der Waals surface area contributed by atoms with Crippen molar-refractivity contribution in [3.63, 3.8) is 0 Å². The molecule has 0 bridgehead atoms. The van der Waals surface area contributed by atoms with Gasteiger partial charge in [0.1, 0.15) is 18.4 Å². The number of para-hydroxylation sites is 1. The van der Waals surface area contributed by atoms with Gasteiger partial charge in [0, 0.05) is 12.6 Å². The van der Waals surface area contributed by atoms with Crippen molar-refractivity contribution in [2.45, 2.75) is 19.5 Å². The molecule has 1 unspecified atom stereocenters. The Morgan fingerprint density at radius 3 is 2.80 bits per heavy atom. The molecule has 0 saturated heterocycles. The number of likely N-dealkylation sites (N-methyl/N-ethyl adjacent to an activating group) is 1. The molecule has 6 nitrogen and oxygen atoms in total. The molecule has 0 fully saturated rings. The zero-order valence-electron chi connectivity index (χ0n) is 11.6. The topological polar surface area (TPSA) is 70.1 Å². The summed E-state index contributed by atoms with van der Waals surface area (Å²) < 4.78 is 5.59. The number of nitrogens with zero attached hydrogens (tertiary/aromatic N) is 2. The standard InChI is InChI=1S/C14H18N2O4/c1-10(13(17)18)15(2)14(19)16-7-8-20-12-6-4-3-5-11(12)9-16/h3-6,10H,7-9H2,1-2H3,(H,17,18). The van der Waals surface area contributed by atoms with Crippen molar-refractivity contribution in [3.8, 4) is 5.75 Å². The van der Waals surface area contributed by atoms with Crippen LogP contribution in [0.4, 0.5) is 4.79 Å². The minimum absolute atomic E-state index is 0.305. The van der Waals surface area contributed by atoms with Crippen LogP contribution in [0.25, 0.3) is 0 Å². The van der Waals surface area contributed by atoms with Gasteiger partial charge < -0.3 is 19.6 Å². The Balaban J connectivity index is 2.13. The van der Waals surface area contributed by atoms with E-state index in [9.17, 15) is 9.59 Å². The van der Waals surface area contributed by atoms with Gasteiger partial charge in [0.15, 0.2) is 0 Å². The first-order valence-corrected chi connectivity index (χ1v) is 6.46. The van der Waals surface area contributed by atoms with Crippen LogP contribution in [-0.2, 0) is 11.3 Å². The van der Waals surface area contributed by atoms with Crippen molar-refractivity contribution in [3.05, 3.63) is 29.8 Å². The fourth-order valence-corrected chi connectivity index (χ4v) is 2.04. The third-order valence-corrected chi connectivity index (χ3v) is 3.46. The Labute approximate surface area is 117 Å². The van der Waals surface area contributed by atoms with Gasteiger partial charge in [-0.2, -0.15) is 0 Å². The third-order valence-electron chi connectivity index (χ3n) is 3.46. The van der Waals surface area contributed by atoms with Crippen molar-refractivity contribution in [1.82, 2.24) is 9.80 Å². The fraction of sp³-hybridized carbons (Fsp3) is 0.429. The number of carboxylic acids is 1. The monoisotopic (exact) mass is 278 g/mol. The Morgan fingerprint density at radius 2 is 2.10 bits per heavy atom. The van der Waals surface area contributed by atoms with Crippen LogP contribution in [0.2, 0.25) is 0 Å². The van der Waals surface area contributed by atoms with E-state index in [4.69, 9.17) is 9.84 Å². The first kappa shape index (κ1) is 14.2. The van der Waals surface area contributed by atoms with Crippen LogP contribution in [0.3, 0.4) is 0 Å². The number of hydrogen-bond donors (Lipinski definition) is 1. The van der Waals surface area contributed by atoms with Crippen molar-refractivity contribution in [1.29, 1.82) is 0 Å². The highest BCUT2D eigenvalue weighted by atomic mass is 16.5. The first-order chi connectivity index (χ1) is 9.50. The van der Waals surface area contributed by atoms with Gasteiger partial charge in [-0.25, -0.2) is 9.59 Å². The van der Waals surface area contributed by atoms with E-state index in [0.717, 1.165) is 11.3 Å². The number of rotatable bonds is 2. The van der Waals surface area contributed by atoms with Crippen LogP contribution >= 0.6 is 0 Å². The van der Waals surface area contributed by atoms with Crippen LogP contribution in [0.15, 0.2) is 24.3 Å². The lowest BCUT2D eigenvalue weighted by Gasteiger charge is -2.29. The van der Waals surface area contributed by atoms with E-state index in [2.05, 4.69) is 0 Å². The lowest BCUT2D eigenvalue weighted by Crippen LogP contribution is -2.48. The molecule has 2 rings (SSSR count). The molecule has 108 valence electrons. The number of urea groups is 1. The lowest BCUT2D eigenvalue weighted by molar-refractivity contribution is -0.141. The predicted molar refractivity (Wildman–Crippen MR) is 72.6 cm³/mol. The number of carbonyl (C=O) groups is 2. The quantitative estimate of drug-likeness (QED) is 0.888. The average Bonchev–Trinajstić information content (AvgIpc) is 2.66. The van der Waals surface area contributed by atoms with Gasteiger partial charge in [-0.1, -0.05) is 18.2 Å². The molecular weight excluding hydrogens is 260 g/mol. The zero-order valence-corrected chi connectivity index (χ0v) is 11.6. The highest BCUT2D eigenvalue weighted by Gasteiger charge is 2.27. The van der Waals surface area contributed by atoms with Crippen LogP contribution in [0.1, 0.15) is 12.5 Å². The average molecular weight is 278 g/mol. The second-order valence-electron chi connectivity index (χ2n) is 4.79. The molecule has 1 aliphatic heterocycles. The van der Waals surface area contributed by atoms with Crippen LogP contribution < -0.4 is 4.74 Å². The highest BCUT2D eigenvalue weighted by molar-refractivity contribution is 5.82. The largest absolute Gasteiger partial charge is 0.491 e. The van der Waals surface area contributed by atoms with Gasteiger partial charge in [-0.15, -0.1) is 0 Å². The van der Waals surface area contributed by atoms with E-state index in [1.807, 2.05) is 24.3 Å². The Hall–Kier alpha value is -2.24. The number of fused-ring (bicyclic) bond motifs is 1. The maximum absolute atomic E-state index is 12.3. The molecule has 0 aromatic heterocycles. The Morgan fingerprint density at radius 1 is 1.40 bits per heavy atom. The SMILES string of the molecule is CC(C(=O)O)N(C)C(=O)N1CCOc2ccccc2C1. The molecule has 6 heteroatoms. The minimum Gasteiger partial charge on any atom is -0.491 e. The molecular formula is C14H18N2O4. The number of benzene rings is 1. The summed E-state index contributed by atoms with van der Waals surface area (Å²) in [7, 11) is 1.50. The van der Waals surface area contributed by atoms with E-state index in [1.54, 1.807) is 4.90 Å². The van der Waals surface area contributed by atoms with Gasteiger partial charge >= 0.3 is 12.0 Å². The normalized spacial score (nSPS) is 15.6. The second kappa shape index (κ2) is 5.81. The molecule has 1 aromatic rings. The van der Waals surface area contributed by atoms with Crippen LogP contribution in [0.5, 0.6) is 5.75 Å². The Kier molecular flexibility index (Phi) is 4.12. The minimum atomic E-state index is -1.02. The number of amides is 2. The molecule has 0 radical (unpaired) electrons. The number of ether oxygens (including phenoxy) is 1. The summed E-state index contributed by atoms with van der Waals surface area (Å²) in [5, 5.41) is 8.98. The van der Waals surface area contributed by atoms with E-state index < -0.39 is 12.0 Å². The summed E-state index contributed by atoms with van der Waals surface area (Å²) in [6, 6.07) is 6.38. The van der Waals surface area contributed by atoms with Crippen molar-refractivity contribution >= 4 is 12.0 Å². The number of carbonyl (C=O) groups excluding carboxylic acids is 1. The summed E-state index contributed by atoms with van der Waals surface area (Å²) in [4.78, 5) is 26.1. The molecule has 1 N–H and O–H groups in total. The molecule has 0 saturated carbocycles. The summed E-state index contributed by atoms with van der Waals surface area (Å²) in [5.41, 5.74) is 0.926. The molecule has 20 heavy (non-hydrogen) atoms. The third kappa shape index (κ3) is 2.84. The van der Waals surface area contributed by atoms with E-state index >= 15 is 0 Å².